The lowest BCUT2D eigenvalue weighted by molar-refractivity contribution is -0.185. The van der Waals surface area contributed by atoms with Gasteiger partial charge in [-0.1, -0.05) is 31.4 Å². The van der Waals surface area contributed by atoms with E-state index in [9.17, 15) is 27.6 Å². The number of hydrogen-bond donors (Lipinski definition) is 2. The van der Waals surface area contributed by atoms with Crippen LogP contribution >= 0.6 is 0 Å². The number of amides is 3. The Morgan fingerprint density at radius 3 is 2.47 bits per heavy atom. The molecule has 1 aliphatic rings. The predicted octanol–water partition coefficient (Wildman–Crippen LogP) is 3.62. The van der Waals surface area contributed by atoms with E-state index in [1.165, 1.54) is 13.0 Å². The lowest BCUT2D eigenvalue weighted by Crippen LogP contribution is -2.40. The molecule has 2 rings (SSSR count). The van der Waals surface area contributed by atoms with Crippen LogP contribution in [0.15, 0.2) is 24.3 Å². The summed E-state index contributed by atoms with van der Waals surface area (Å²) in [5, 5.41) is 5.46. The van der Waals surface area contributed by atoms with Crippen molar-refractivity contribution in [1.29, 1.82) is 0 Å². The van der Waals surface area contributed by atoms with Gasteiger partial charge in [0.1, 0.15) is 0 Å². The van der Waals surface area contributed by atoms with E-state index in [2.05, 4.69) is 10.6 Å². The Morgan fingerprint density at radius 2 is 1.83 bits per heavy atom. The Hall–Kier alpha value is -2.58. The fourth-order valence-corrected chi connectivity index (χ4v) is 3.51. The van der Waals surface area contributed by atoms with Crippen LogP contribution in [0.3, 0.4) is 0 Å². The molecule has 1 aromatic rings. The van der Waals surface area contributed by atoms with Gasteiger partial charge in [0.15, 0.2) is 0 Å². The minimum absolute atomic E-state index is 0.0153. The van der Waals surface area contributed by atoms with Crippen molar-refractivity contribution >= 4 is 23.4 Å². The van der Waals surface area contributed by atoms with Crippen molar-refractivity contribution in [3.63, 3.8) is 0 Å². The summed E-state index contributed by atoms with van der Waals surface area (Å²) in [4.78, 5) is 36.4. The molecule has 0 saturated heterocycles. The Balaban J connectivity index is 1.83. The van der Waals surface area contributed by atoms with Gasteiger partial charge in [-0.05, 0) is 37.5 Å². The van der Waals surface area contributed by atoms with E-state index in [0.29, 0.717) is 16.2 Å². The Kier molecular flexibility index (Phi) is 8.68. The van der Waals surface area contributed by atoms with Crippen LogP contribution in [-0.4, -0.2) is 41.9 Å². The minimum atomic E-state index is -4.93. The number of halogens is 3. The Morgan fingerprint density at radius 1 is 1.13 bits per heavy atom. The third-order valence-corrected chi connectivity index (χ3v) is 5.12. The molecule has 1 aromatic carbocycles. The fraction of sp³-hybridized carbons (Fsp3) is 0.571. The number of carbonyl (C=O) groups excluding carboxylic acids is 3. The van der Waals surface area contributed by atoms with E-state index in [1.54, 1.807) is 18.2 Å². The highest BCUT2D eigenvalue weighted by atomic mass is 19.4. The first kappa shape index (κ1) is 23.7. The number of benzene rings is 1. The number of nitrogens with one attached hydrogen (secondary N) is 2. The maximum atomic E-state index is 12.7. The Bertz CT molecular complexity index is 747. The molecule has 0 heterocycles. The summed E-state index contributed by atoms with van der Waals surface area (Å²) in [5.41, 5.74) is 0.893. The van der Waals surface area contributed by atoms with Gasteiger partial charge in [0.2, 0.25) is 11.8 Å². The number of carbonyl (C=O) groups is 3. The maximum Gasteiger partial charge on any atom is 0.471 e. The van der Waals surface area contributed by atoms with Crippen LogP contribution < -0.4 is 10.6 Å². The maximum absolute atomic E-state index is 12.7. The van der Waals surface area contributed by atoms with Crippen LogP contribution in [0.5, 0.6) is 0 Å². The zero-order valence-electron chi connectivity index (χ0n) is 17.1. The second-order valence-corrected chi connectivity index (χ2v) is 7.44. The molecule has 0 aliphatic heterocycles. The van der Waals surface area contributed by atoms with Gasteiger partial charge in [-0.15, -0.1) is 0 Å². The van der Waals surface area contributed by atoms with Crippen LogP contribution in [0, 0.1) is 5.92 Å². The van der Waals surface area contributed by atoms with Crippen molar-refractivity contribution in [1.82, 2.24) is 10.2 Å². The van der Waals surface area contributed by atoms with Crippen molar-refractivity contribution in [2.75, 3.05) is 18.4 Å². The van der Waals surface area contributed by atoms with E-state index < -0.39 is 12.1 Å². The van der Waals surface area contributed by atoms with Gasteiger partial charge >= 0.3 is 12.1 Å². The van der Waals surface area contributed by atoms with Crippen molar-refractivity contribution in [3.05, 3.63) is 29.8 Å². The highest BCUT2D eigenvalue weighted by Crippen LogP contribution is 2.23. The number of hydrogen-bond acceptors (Lipinski definition) is 3. The monoisotopic (exact) mass is 427 g/mol. The molecule has 0 aromatic heterocycles. The molecule has 1 fully saturated rings. The largest absolute Gasteiger partial charge is 0.471 e. The molecule has 166 valence electrons. The molecule has 0 spiro atoms. The van der Waals surface area contributed by atoms with Gasteiger partial charge < -0.3 is 15.5 Å². The molecule has 0 bridgehead atoms. The third kappa shape index (κ3) is 7.35. The van der Waals surface area contributed by atoms with Crippen LogP contribution in [0.25, 0.3) is 0 Å². The standard InChI is InChI=1S/C21H28F3N3O3/c1-2-27(20(30)21(22,23)24)14-15-7-6-10-17(13-15)26-18(28)11-12-25-19(29)16-8-4-3-5-9-16/h6-7,10,13,16H,2-5,8-9,11-12,14H2,1H3,(H,25,29)(H,26,28). The van der Waals surface area contributed by atoms with E-state index in [4.69, 9.17) is 0 Å². The molecule has 9 heteroatoms. The third-order valence-electron chi connectivity index (χ3n) is 5.12. The number of anilines is 1. The summed E-state index contributed by atoms with van der Waals surface area (Å²) < 4.78 is 38.0. The van der Waals surface area contributed by atoms with Crippen LogP contribution in [0.1, 0.15) is 51.0 Å². The molecular formula is C21H28F3N3O3. The first-order valence-electron chi connectivity index (χ1n) is 10.2. The summed E-state index contributed by atoms with van der Waals surface area (Å²) in [5.74, 6) is -2.19. The highest BCUT2D eigenvalue weighted by Gasteiger charge is 2.41. The highest BCUT2D eigenvalue weighted by molar-refractivity contribution is 5.91. The molecule has 3 amide bonds. The zero-order valence-corrected chi connectivity index (χ0v) is 17.1. The second-order valence-electron chi connectivity index (χ2n) is 7.44. The van der Waals surface area contributed by atoms with Gasteiger partial charge in [-0.2, -0.15) is 13.2 Å². The number of rotatable bonds is 8. The molecule has 0 radical (unpaired) electrons. The summed E-state index contributed by atoms with van der Waals surface area (Å²) >= 11 is 0. The number of nitrogens with zero attached hydrogens (tertiary/aromatic N) is 1. The summed E-state index contributed by atoms with van der Waals surface area (Å²) in [6, 6.07) is 6.34. The summed E-state index contributed by atoms with van der Waals surface area (Å²) in [6.45, 7) is 1.40. The van der Waals surface area contributed by atoms with Crippen molar-refractivity contribution in [2.24, 2.45) is 5.92 Å². The Labute approximate surface area is 174 Å². The van der Waals surface area contributed by atoms with E-state index in [1.807, 2.05) is 0 Å². The molecular weight excluding hydrogens is 399 g/mol. The summed E-state index contributed by atoms with van der Waals surface area (Å²) in [6.07, 6.45) is 0.205. The molecule has 1 saturated carbocycles. The fourth-order valence-electron chi connectivity index (χ4n) is 3.51. The van der Waals surface area contributed by atoms with Crippen molar-refractivity contribution in [2.45, 2.75) is 58.2 Å². The zero-order chi connectivity index (χ0) is 22.1. The van der Waals surface area contributed by atoms with Crippen molar-refractivity contribution in [3.8, 4) is 0 Å². The lowest BCUT2D eigenvalue weighted by atomic mass is 9.89. The molecule has 1 aliphatic carbocycles. The van der Waals surface area contributed by atoms with Gasteiger partial charge in [-0.3, -0.25) is 14.4 Å². The van der Waals surface area contributed by atoms with Gasteiger partial charge in [0.25, 0.3) is 0 Å². The molecule has 2 N–H and O–H groups in total. The molecule has 0 atom stereocenters. The number of alkyl halides is 3. The van der Waals surface area contributed by atoms with Gasteiger partial charge in [0.05, 0.1) is 0 Å². The average Bonchev–Trinajstić information content (AvgIpc) is 2.71. The average molecular weight is 427 g/mol. The van der Waals surface area contributed by atoms with E-state index in [0.717, 1.165) is 32.1 Å². The lowest BCUT2D eigenvalue weighted by Gasteiger charge is -2.22. The van der Waals surface area contributed by atoms with Crippen LogP contribution in [0.2, 0.25) is 0 Å². The summed E-state index contributed by atoms with van der Waals surface area (Å²) in [7, 11) is 0. The van der Waals surface area contributed by atoms with E-state index in [-0.39, 0.29) is 43.8 Å². The van der Waals surface area contributed by atoms with Crippen LogP contribution in [0.4, 0.5) is 18.9 Å². The minimum Gasteiger partial charge on any atom is -0.355 e. The second kappa shape index (κ2) is 11.0. The molecule has 30 heavy (non-hydrogen) atoms. The van der Waals surface area contributed by atoms with Gasteiger partial charge in [0, 0.05) is 37.7 Å². The smallest absolute Gasteiger partial charge is 0.355 e. The first-order chi connectivity index (χ1) is 14.2. The van der Waals surface area contributed by atoms with E-state index >= 15 is 0 Å². The SMILES string of the molecule is CCN(Cc1cccc(NC(=O)CCNC(=O)C2CCCCC2)c1)C(=O)C(F)(F)F. The molecule has 6 nitrogen and oxygen atoms in total. The first-order valence-corrected chi connectivity index (χ1v) is 10.2. The normalized spacial score (nSPS) is 14.8. The quantitative estimate of drug-likeness (QED) is 0.665. The van der Waals surface area contributed by atoms with Gasteiger partial charge in [-0.25, -0.2) is 0 Å². The molecule has 0 unspecified atom stereocenters. The van der Waals surface area contributed by atoms with Crippen molar-refractivity contribution < 1.29 is 27.6 Å². The predicted molar refractivity (Wildman–Crippen MR) is 106 cm³/mol. The van der Waals surface area contributed by atoms with Crippen LogP contribution in [-0.2, 0) is 20.9 Å². The topological polar surface area (TPSA) is 78.5 Å².